The Hall–Kier alpha value is -2.86. The summed E-state index contributed by atoms with van der Waals surface area (Å²) >= 11 is 0. The predicted molar refractivity (Wildman–Crippen MR) is 105 cm³/mol. The van der Waals surface area contributed by atoms with Crippen LogP contribution in [0.4, 0.5) is 5.69 Å². The van der Waals surface area contributed by atoms with Crippen LogP contribution >= 0.6 is 0 Å². The average Bonchev–Trinajstić information content (AvgIpc) is 3.19. The van der Waals surface area contributed by atoms with E-state index in [2.05, 4.69) is 39.0 Å². The number of anilines is 1. The maximum atomic E-state index is 5.57. The Morgan fingerprint density at radius 2 is 1.96 bits per heavy atom. The molecule has 0 bridgehead atoms. The quantitative estimate of drug-likeness (QED) is 0.691. The largest absolute Gasteiger partial charge is 0.495 e. The number of methoxy groups -OCH3 is 1. The second-order valence-electron chi connectivity index (χ2n) is 6.85. The summed E-state index contributed by atoms with van der Waals surface area (Å²) in [6, 6.07) is 14.5. The Morgan fingerprint density at radius 1 is 1.15 bits per heavy atom. The van der Waals surface area contributed by atoms with Crippen LogP contribution in [0.25, 0.3) is 11.3 Å². The first-order chi connectivity index (χ1) is 13.2. The summed E-state index contributed by atoms with van der Waals surface area (Å²) in [7, 11) is 1.73. The number of piperazine rings is 1. The lowest BCUT2D eigenvalue weighted by atomic mass is 10.1. The Bertz CT molecular complexity index is 881. The Kier molecular flexibility index (Phi) is 5.07. The standard InChI is InChI=1S/C21H24N4O2/c1-16-14-25(20-5-3-4-6-21(20)26-2)12-11-24(16)15-18-13-19(23-27-18)17-7-9-22-10-8-17/h3-10,13,16H,11-12,14-15H2,1-2H3/t16-/m1/s1. The highest BCUT2D eigenvalue weighted by Gasteiger charge is 2.26. The van der Waals surface area contributed by atoms with Gasteiger partial charge in [-0.15, -0.1) is 0 Å². The lowest BCUT2D eigenvalue weighted by molar-refractivity contribution is 0.162. The molecular weight excluding hydrogens is 340 g/mol. The minimum absolute atomic E-state index is 0.401. The van der Waals surface area contributed by atoms with E-state index in [1.807, 2.05) is 30.3 Å². The molecule has 3 aromatic rings. The summed E-state index contributed by atoms with van der Waals surface area (Å²) in [6.45, 7) is 5.88. The molecule has 1 saturated heterocycles. The van der Waals surface area contributed by atoms with Gasteiger partial charge < -0.3 is 14.2 Å². The van der Waals surface area contributed by atoms with Crippen LogP contribution in [-0.4, -0.2) is 47.8 Å². The zero-order valence-electron chi connectivity index (χ0n) is 15.7. The van der Waals surface area contributed by atoms with E-state index in [0.29, 0.717) is 6.04 Å². The van der Waals surface area contributed by atoms with E-state index in [-0.39, 0.29) is 0 Å². The van der Waals surface area contributed by atoms with Crippen molar-refractivity contribution in [2.75, 3.05) is 31.6 Å². The monoisotopic (exact) mass is 364 g/mol. The van der Waals surface area contributed by atoms with Crippen LogP contribution in [0, 0.1) is 0 Å². The number of benzene rings is 1. The van der Waals surface area contributed by atoms with Crippen molar-refractivity contribution in [3.8, 4) is 17.0 Å². The van der Waals surface area contributed by atoms with Crippen LogP contribution in [-0.2, 0) is 6.54 Å². The van der Waals surface area contributed by atoms with Crippen LogP contribution < -0.4 is 9.64 Å². The number of para-hydroxylation sites is 2. The van der Waals surface area contributed by atoms with Gasteiger partial charge >= 0.3 is 0 Å². The molecule has 1 aliphatic rings. The topological polar surface area (TPSA) is 54.6 Å². The third-order valence-electron chi connectivity index (χ3n) is 5.08. The third-order valence-corrected chi connectivity index (χ3v) is 5.08. The molecule has 4 rings (SSSR count). The summed E-state index contributed by atoms with van der Waals surface area (Å²) in [6.07, 6.45) is 3.53. The van der Waals surface area contributed by atoms with E-state index >= 15 is 0 Å². The first-order valence-electron chi connectivity index (χ1n) is 9.22. The first-order valence-corrected chi connectivity index (χ1v) is 9.22. The summed E-state index contributed by atoms with van der Waals surface area (Å²) in [4.78, 5) is 8.87. The molecule has 0 aliphatic carbocycles. The molecule has 0 spiro atoms. The molecule has 3 heterocycles. The second kappa shape index (κ2) is 7.80. The maximum absolute atomic E-state index is 5.57. The van der Waals surface area contributed by atoms with Gasteiger partial charge in [-0.2, -0.15) is 0 Å². The van der Waals surface area contributed by atoms with Crippen molar-refractivity contribution in [2.24, 2.45) is 0 Å². The number of rotatable bonds is 5. The average molecular weight is 364 g/mol. The van der Waals surface area contributed by atoms with Crippen molar-refractivity contribution in [1.29, 1.82) is 0 Å². The second-order valence-corrected chi connectivity index (χ2v) is 6.85. The van der Waals surface area contributed by atoms with Gasteiger partial charge in [0, 0.05) is 49.7 Å². The number of aromatic nitrogens is 2. The molecule has 27 heavy (non-hydrogen) atoms. The molecule has 0 saturated carbocycles. The Labute approximate surface area is 159 Å². The minimum Gasteiger partial charge on any atom is -0.495 e. The van der Waals surface area contributed by atoms with Crippen molar-refractivity contribution in [1.82, 2.24) is 15.0 Å². The maximum Gasteiger partial charge on any atom is 0.151 e. The van der Waals surface area contributed by atoms with Gasteiger partial charge in [0.15, 0.2) is 5.76 Å². The zero-order valence-corrected chi connectivity index (χ0v) is 15.7. The fourth-order valence-electron chi connectivity index (χ4n) is 3.59. The summed E-state index contributed by atoms with van der Waals surface area (Å²) < 4.78 is 11.1. The predicted octanol–water partition coefficient (Wildman–Crippen LogP) is 3.46. The van der Waals surface area contributed by atoms with Crippen LogP contribution in [0.15, 0.2) is 59.4 Å². The highest BCUT2D eigenvalue weighted by Crippen LogP contribution is 2.30. The van der Waals surface area contributed by atoms with E-state index in [1.165, 1.54) is 0 Å². The molecule has 1 aliphatic heterocycles. The lowest BCUT2D eigenvalue weighted by Crippen LogP contribution is -2.51. The lowest BCUT2D eigenvalue weighted by Gasteiger charge is -2.40. The number of hydrogen-bond donors (Lipinski definition) is 0. The fraction of sp³-hybridized carbons (Fsp3) is 0.333. The van der Waals surface area contributed by atoms with Gasteiger partial charge in [0.1, 0.15) is 11.4 Å². The van der Waals surface area contributed by atoms with Crippen molar-refractivity contribution < 1.29 is 9.26 Å². The van der Waals surface area contributed by atoms with Gasteiger partial charge in [-0.3, -0.25) is 9.88 Å². The molecule has 0 N–H and O–H groups in total. The van der Waals surface area contributed by atoms with Gasteiger partial charge in [-0.1, -0.05) is 17.3 Å². The SMILES string of the molecule is COc1ccccc1N1CCN(Cc2cc(-c3ccncc3)no2)[C@H](C)C1. The fourth-order valence-corrected chi connectivity index (χ4v) is 3.59. The van der Waals surface area contributed by atoms with E-state index in [9.17, 15) is 0 Å². The smallest absolute Gasteiger partial charge is 0.151 e. The molecule has 1 atom stereocenters. The number of nitrogens with zero attached hydrogens (tertiary/aromatic N) is 4. The number of pyridine rings is 1. The first kappa shape index (κ1) is 17.5. The van der Waals surface area contributed by atoms with Gasteiger partial charge in [-0.05, 0) is 31.2 Å². The number of ether oxygens (including phenoxy) is 1. The highest BCUT2D eigenvalue weighted by molar-refractivity contribution is 5.59. The third kappa shape index (κ3) is 3.80. The van der Waals surface area contributed by atoms with Gasteiger partial charge in [0.25, 0.3) is 0 Å². The summed E-state index contributed by atoms with van der Waals surface area (Å²) in [5.41, 5.74) is 3.04. The molecule has 1 aromatic carbocycles. The van der Waals surface area contributed by atoms with Crippen molar-refractivity contribution in [3.63, 3.8) is 0 Å². The van der Waals surface area contributed by atoms with E-state index in [1.54, 1.807) is 19.5 Å². The molecule has 1 fully saturated rings. The Morgan fingerprint density at radius 3 is 2.74 bits per heavy atom. The molecule has 140 valence electrons. The zero-order chi connectivity index (χ0) is 18.6. The van der Waals surface area contributed by atoms with Crippen LogP contribution in [0.2, 0.25) is 0 Å². The summed E-state index contributed by atoms with van der Waals surface area (Å²) in [5.74, 6) is 1.81. The van der Waals surface area contributed by atoms with E-state index in [4.69, 9.17) is 9.26 Å². The van der Waals surface area contributed by atoms with E-state index < -0.39 is 0 Å². The summed E-state index contributed by atoms with van der Waals surface area (Å²) in [5, 5.41) is 4.21. The molecule has 6 heteroatoms. The number of hydrogen-bond acceptors (Lipinski definition) is 6. The van der Waals surface area contributed by atoms with Crippen molar-refractivity contribution >= 4 is 5.69 Å². The normalized spacial score (nSPS) is 17.9. The molecule has 0 unspecified atom stereocenters. The molecule has 2 aromatic heterocycles. The highest BCUT2D eigenvalue weighted by atomic mass is 16.5. The Balaban J connectivity index is 1.41. The van der Waals surface area contributed by atoms with Gasteiger partial charge in [-0.25, -0.2) is 0 Å². The van der Waals surface area contributed by atoms with Crippen LogP contribution in [0.5, 0.6) is 5.75 Å². The van der Waals surface area contributed by atoms with Crippen LogP contribution in [0.1, 0.15) is 12.7 Å². The minimum atomic E-state index is 0.401. The molecule has 0 amide bonds. The van der Waals surface area contributed by atoms with Crippen molar-refractivity contribution in [2.45, 2.75) is 19.5 Å². The van der Waals surface area contributed by atoms with Crippen molar-refractivity contribution in [3.05, 3.63) is 60.6 Å². The van der Waals surface area contributed by atoms with E-state index in [0.717, 1.165) is 54.6 Å². The molecule has 0 radical (unpaired) electrons. The van der Waals surface area contributed by atoms with Gasteiger partial charge in [0.05, 0.1) is 19.3 Å². The van der Waals surface area contributed by atoms with Crippen LogP contribution in [0.3, 0.4) is 0 Å². The van der Waals surface area contributed by atoms with Gasteiger partial charge in [0.2, 0.25) is 0 Å². The molecule has 6 nitrogen and oxygen atoms in total. The molecular formula is C21H24N4O2.